The molecule has 0 N–H and O–H groups in total. The SMILES string of the molecule is CCc1ccc(N2CC(C(=O)OC(C)C#N)CC2=O)cc1. The van der Waals surface area contributed by atoms with E-state index in [9.17, 15) is 9.59 Å². The summed E-state index contributed by atoms with van der Waals surface area (Å²) in [7, 11) is 0. The Kier molecular flexibility index (Phi) is 4.59. The van der Waals surface area contributed by atoms with E-state index < -0.39 is 18.0 Å². The van der Waals surface area contributed by atoms with Gasteiger partial charge in [0.15, 0.2) is 6.10 Å². The lowest BCUT2D eigenvalue weighted by atomic mass is 10.1. The van der Waals surface area contributed by atoms with E-state index >= 15 is 0 Å². The van der Waals surface area contributed by atoms with Crippen LogP contribution in [-0.4, -0.2) is 24.5 Å². The molecule has 2 atom stereocenters. The molecule has 2 rings (SSSR count). The Labute approximate surface area is 124 Å². The van der Waals surface area contributed by atoms with Crippen molar-refractivity contribution in [2.24, 2.45) is 5.92 Å². The van der Waals surface area contributed by atoms with E-state index in [4.69, 9.17) is 10.00 Å². The van der Waals surface area contributed by atoms with E-state index in [1.165, 1.54) is 12.5 Å². The molecule has 0 spiro atoms. The summed E-state index contributed by atoms with van der Waals surface area (Å²) in [5.41, 5.74) is 1.99. The second-order valence-electron chi connectivity index (χ2n) is 5.13. The van der Waals surface area contributed by atoms with E-state index in [0.717, 1.165) is 12.1 Å². The highest BCUT2D eigenvalue weighted by Gasteiger charge is 2.36. The normalized spacial score (nSPS) is 19.2. The molecule has 1 aromatic carbocycles. The Bertz CT molecular complexity index is 574. The van der Waals surface area contributed by atoms with Gasteiger partial charge in [-0.05, 0) is 31.0 Å². The van der Waals surface area contributed by atoms with Crippen LogP contribution in [0.5, 0.6) is 0 Å². The van der Waals surface area contributed by atoms with Crippen molar-refractivity contribution in [3.8, 4) is 6.07 Å². The van der Waals surface area contributed by atoms with Crippen LogP contribution in [0.1, 0.15) is 25.8 Å². The number of anilines is 1. The molecule has 1 amide bonds. The maximum atomic E-state index is 12.1. The van der Waals surface area contributed by atoms with Crippen molar-refractivity contribution in [1.29, 1.82) is 5.26 Å². The molecule has 1 aliphatic rings. The summed E-state index contributed by atoms with van der Waals surface area (Å²) in [5, 5.41) is 8.65. The summed E-state index contributed by atoms with van der Waals surface area (Å²) < 4.78 is 4.97. The van der Waals surface area contributed by atoms with Gasteiger partial charge in [0.2, 0.25) is 5.91 Å². The lowest BCUT2D eigenvalue weighted by Gasteiger charge is -2.17. The molecule has 0 bridgehead atoms. The molecule has 5 nitrogen and oxygen atoms in total. The minimum absolute atomic E-state index is 0.0918. The van der Waals surface area contributed by atoms with Crippen LogP contribution in [0, 0.1) is 17.2 Å². The topological polar surface area (TPSA) is 70.4 Å². The maximum absolute atomic E-state index is 12.1. The van der Waals surface area contributed by atoms with Gasteiger partial charge in [0.1, 0.15) is 6.07 Å². The van der Waals surface area contributed by atoms with E-state index in [-0.39, 0.29) is 12.3 Å². The van der Waals surface area contributed by atoms with Crippen LogP contribution in [0.4, 0.5) is 5.69 Å². The first-order valence-corrected chi connectivity index (χ1v) is 7.04. The number of rotatable bonds is 4. The van der Waals surface area contributed by atoms with Crippen LogP contribution in [-0.2, 0) is 20.7 Å². The summed E-state index contributed by atoms with van der Waals surface area (Å²) in [5.74, 6) is -1.07. The van der Waals surface area contributed by atoms with Crippen LogP contribution in [0.15, 0.2) is 24.3 Å². The maximum Gasteiger partial charge on any atom is 0.312 e. The highest BCUT2D eigenvalue weighted by molar-refractivity contribution is 5.99. The van der Waals surface area contributed by atoms with Crippen molar-refractivity contribution in [3.05, 3.63) is 29.8 Å². The van der Waals surface area contributed by atoms with Crippen molar-refractivity contribution >= 4 is 17.6 Å². The number of amides is 1. The number of carbonyl (C=O) groups is 2. The third kappa shape index (κ3) is 3.40. The zero-order valence-corrected chi connectivity index (χ0v) is 12.2. The van der Waals surface area contributed by atoms with Crippen molar-refractivity contribution in [2.45, 2.75) is 32.8 Å². The Balaban J connectivity index is 2.05. The van der Waals surface area contributed by atoms with Gasteiger partial charge in [-0.25, -0.2) is 0 Å². The molecule has 0 aromatic heterocycles. The van der Waals surface area contributed by atoms with E-state index in [0.29, 0.717) is 6.54 Å². The first kappa shape index (κ1) is 15.0. The van der Waals surface area contributed by atoms with Crippen LogP contribution >= 0.6 is 0 Å². The first-order chi connectivity index (χ1) is 10.0. The Morgan fingerprint density at radius 3 is 2.71 bits per heavy atom. The largest absolute Gasteiger partial charge is 0.447 e. The average molecular weight is 286 g/mol. The first-order valence-electron chi connectivity index (χ1n) is 7.04. The van der Waals surface area contributed by atoms with Crippen LogP contribution in [0.3, 0.4) is 0 Å². The van der Waals surface area contributed by atoms with Crippen molar-refractivity contribution in [3.63, 3.8) is 0 Å². The van der Waals surface area contributed by atoms with Gasteiger partial charge >= 0.3 is 5.97 Å². The summed E-state index contributed by atoms with van der Waals surface area (Å²) in [6, 6.07) is 9.58. The number of benzene rings is 1. The van der Waals surface area contributed by atoms with E-state index in [1.54, 1.807) is 4.90 Å². The van der Waals surface area contributed by atoms with Crippen molar-refractivity contribution in [2.75, 3.05) is 11.4 Å². The highest BCUT2D eigenvalue weighted by atomic mass is 16.5. The number of nitrogens with zero attached hydrogens (tertiary/aromatic N) is 2. The molecule has 1 heterocycles. The molecule has 0 radical (unpaired) electrons. The molecule has 0 aliphatic carbocycles. The lowest BCUT2D eigenvalue weighted by Crippen LogP contribution is -2.27. The van der Waals surface area contributed by atoms with Gasteiger partial charge < -0.3 is 9.64 Å². The molecule has 21 heavy (non-hydrogen) atoms. The van der Waals surface area contributed by atoms with Crippen molar-refractivity contribution < 1.29 is 14.3 Å². The molecule has 1 aliphatic heterocycles. The van der Waals surface area contributed by atoms with Gasteiger partial charge in [-0.3, -0.25) is 9.59 Å². The summed E-state index contributed by atoms with van der Waals surface area (Å²) >= 11 is 0. The molecule has 5 heteroatoms. The molecule has 1 fully saturated rings. The number of nitriles is 1. The number of carbonyl (C=O) groups excluding carboxylic acids is 2. The fourth-order valence-corrected chi connectivity index (χ4v) is 2.32. The van der Waals surface area contributed by atoms with E-state index in [1.807, 2.05) is 30.3 Å². The molecule has 1 saturated heterocycles. The number of aryl methyl sites for hydroxylation is 1. The summed E-state index contributed by atoms with van der Waals surface area (Å²) in [6.07, 6.45) is 0.285. The number of hydrogen-bond acceptors (Lipinski definition) is 4. The molecule has 1 aromatic rings. The highest BCUT2D eigenvalue weighted by Crippen LogP contribution is 2.26. The monoisotopic (exact) mass is 286 g/mol. The summed E-state index contributed by atoms with van der Waals surface area (Å²) in [6.45, 7) is 3.88. The molecule has 110 valence electrons. The zero-order chi connectivity index (χ0) is 15.4. The average Bonchev–Trinajstić information content (AvgIpc) is 2.89. The van der Waals surface area contributed by atoms with Crippen LogP contribution < -0.4 is 4.90 Å². The number of hydrogen-bond donors (Lipinski definition) is 0. The van der Waals surface area contributed by atoms with Gasteiger partial charge in [-0.1, -0.05) is 19.1 Å². The quantitative estimate of drug-likeness (QED) is 0.794. The molecular formula is C16H18N2O3. The predicted molar refractivity (Wildman–Crippen MR) is 77.4 cm³/mol. The fourth-order valence-electron chi connectivity index (χ4n) is 2.32. The second kappa shape index (κ2) is 6.40. The second-order valence-corrected chi connectivity index (χ2v) is 5.13. The van der Waals surface area contributed by atoms with Crippen molar-refractivity contribution in [1.82, 2.24) is 0 Å². The minimum Gasteiger partial charge on any atom is -0.447 e. The number of esters is 1. The smallest absolute Gasteiger partial charge is 0.312 e. The Morgan fingerprint density at radius 2 is 2.14 bits per heavy atom. The molecule has 0 saturated carbocycles. The molecule has 2 unspecified atom stereocenters. The lowest BCUT2D eigenvalue weighted by molar-refractivity contribution is -0.150. The van der Waals surface area contributed by atoms with Gasteiger partial charge in [0, 0.05) is 18.7 Å². The van der Waals surface area contributed by atoms with Gasteiger partial charge in [-0.2, -0.15) is 5.26 Å². The Hall–Kier alpha value is -2.35. The van der Waals surface area contributed by atoms with Gasteiger partial charge in [0.25, 0.3) is 0 Å². The third-order valence-corrected chi connectivity index (χ3v) is 3.59. The van der Waals surface area contributed by atoms with Gasteiger partial charge in [0.05, 0.1) is 5.92 Å². The van der Waals surface area contributed by atoms with Gasteiger partial charge in [-0.15, -0.1) is 0 Å². The molecular weight excluding hydrogens is 268 g/mol. The van der Waals surface area contributed by atoms with E-state index in [2.05, 4.69) is 6.92 Å². The minimum atomic E-state index is -0.787. The Morgan fingerprint density at radius 1 is 1.48 bits per heavy atom. The summed E-state index contributed by atoms with van der Waals surface area (Å²) in [4.78, 5) is 25.5. The fraction of sp³-hybridized carbons (Fsp3) is 0.438. The number of ether oxygens (including phenoxy) is 1. The zero-order valence-electron chi connectivity index (χ0n) is 12.2. The predicted octanol–water partition coefficient (Wildman–Crippen LogP) is 2.06. The standard InChI is InChI=1S/C16H18N2O3/c1-3-12-4-6-14(7-5-12)18-10-13(8-15(18)19)16(20)21-11(2)9-17/h4-7,11,13H,3,8,10H2,1-2H3. The third-order valence-electron chi connectivity index (χ3n) is 3.59. The van der Waals surface area contributed by atoms with Crippen LogP contribution in [0.2, 0.25) is 0 Å². The van der Waals surface area contributed by atoms with Crippen LogP contribution in [0.25, 0.3) is 0 Å².